The van der Waals surface area contributed by atoms with E-state index in [2.05, 4.69) is 69.8 Å². The molecule has 0 atom stereocenters. The van der Waals surface area contributed by atoms with Crippen LogP contribution in [0.1, 0.15) is 12.0 Å². The molecule has 1 rings (SSSR count). The van der Waals surface area contributed by atoms with Crippen LogP contribution in [0.3, 0.4) is 0 Å². The van der Waals surface area contributed by atoms with Gasteiger partial charge in [0.05, 0.1) is 0 Å². The minimum absolute atomic E-state index is 0.266. The number of aliphatic hydroxyl groups is 1. The second kappa shape index (κ2) is 7.79. The van der Waals surface area contributed by atoms with Crippen molar-refractivity contribution in [2.24, 2.45) is 0 Å². The Hall–Kier alpha value is 1.45. The molecule has 0 aliphatic carbocycles. The maximum atomic E-state index is 8.70. The van der Waals surface area contributed by atoms with Crippen molar-refractivity contribution in [1.82, 2.24) is 0 Å². The van der Waals surface area contributed by atoms with Gasteiger partial charge in [-0.1, -0.05) is 0 Å². The average molecular weight is 498 g/mol. The van der Waals surface area contributed by atoms with Crippen LogP contribution in [-0.4, -0.2) is 17.5 Å². The van der Waals surface area contributed by atoms with Crippen molar-refractivity contribution < 1.29 is 5.11 Å². The molecule has 1 N–H and O–H groups in total. The molecule has 0 aliphatic heterocycles. The predicted molar refractivity (Wildman–Crippen MR) is 85.1 cm³/mol. The monoisotopic (exact) mass is 494 g/mol. The van der Waals surface area contributed by atoms with Crippen molar-refractivity contribution in [2.45, 2.75) is 12.2 Å². The topological polar surface area (TPSA) is 20.2 Å². The molecule has 0 aliphatic rings. The molecule has 16 heavy (non-hydrogen) atoms. The average Bonchev–Trinajstić information content (AvgIpc) is 2.28. The largest absolute Gasteiger partial charge is 0.396 e. The molecular formula is C10H10Br4OS. The number of hydrogen-bond acceptors (Lipinski definition) is 2. The summed E-state index contributed by atoms with van der Waals surface area (Å²) in [5.41, 5.74) is 1.24. The fourth-order valence-electron chi connectivity index (χ4n) is 1.08. The van der Waals surface area contributed by atoms with Crippen LogP contribution in [0.25, 0.3) is 0 Å². The quantitative estimate of drug-likeness (QED) is 0.336. The van der Waals surface area contributed by atoms with Crippen LogP contribution in [-0.2, 0) is 5.75 Å². The first-order chi connectivity index (χ1) is 7.57. The fraction of sp³-hybridized carbons (Fsp3) is 0.400. The summed E-state index contributed by atoms with van der Waals surface area (Å²) < 4.78 is 4.17. The number of benzene rings is 1. The standard InChI is InChI=1S/C10H10Br4OS/c11-7-4-6(5-16-3-1-2-15)8(12)10(14)9(7)13/h4,15H,1-3,5H2. The molecule has 0 unspecified atom stereocenters. The second-order valence-corrected chi connectivity index (χ2v) is 7.43. The third-order valence-electron chi connectivity index (χ3n) is 1.88. The number of halogens is 4. The number of aliphatic hydroxyl groups excluding tert-OH is 1. The predicted octanol–water partition coefficient (Wildman–Crippen LogP) is 5.35. The lowest BCUT2D eigenvalue weighted by atomic mass is 10.2. The first-order valence-corrected chi connectivity index (χ1v) is 8.91. The Balaban J connectivity index is 2.73. The second-order valence-electron chi connectivity index (χ2n) is 3.09. The minimum Gasteiger partial charge on any atom is -0.396 e. The molecular weight excluding hydrogens is 488 g/mol. The Bertz CT molecular complexity index is 370. The lowest BCUT2D eigenvalue weighted by Gasteiger charge is -2.09. The first-order valence-electron chi connectivity index (χ1n) is 4.58. The van der Waals surface area contributed by atoms with Crippen LogP contribution < -0.4 is 0 Å². The molecule has 0 bridgehead atoms. The van der Waals surface area contributed by atoms with Crippen LogP contribution in [0, 0.1) is 0 Å². The van der Waals surface area contributed by atoms with E-state index in [0.717, 1.165) is 35.8 Å². The van der Waals surface area contributed by atoms with Crippen LogP contribution in [0.5, 0.6) is 0 Å². The Labute approximate surface area is 133 Å². The molecule has 0 saturated heterocycles. The molecule has 1 aromatic rings. The van der Waals surface area contributed by atoms with Crippen molar-refractivity contribution in [2.75, 3.05) is 12.4 Å². The molecule has 0 amide bonds. The summed E-state index contributed by atoms with van der Waals surface area (Å²) in [4.78, 5) is 0. The molecule has 1 nitrogen and oxygen atoms in total. The number of hydrogen-bond donors (Lipinski definition) is 1. The molecule has 0 heterocycles. The zero-order valence-corrected chi connectivity index (χ0v) is 15.4. The van der Waals surface area contributed by atoms with Crippen LogP contribution in [0.2, 0.25) is 0 Å². The number of rotatable bonds is 5. The molecule has 1 aromatic carbocycles. The van der Waals surface area contributed by atoms with E-state index in [4.69, 9.17) is 5.11 Å². The van der Waals surface area contributed by atoms with Gasteiger partial charge in [-0.2, -0.15) is 11.8 Å². The summed E-state index contributed by atoms with van der Waals surface area (Å²) in [5, 5.41) is 8.70. The Morgan fingerprint density at radius 2 is 1.75 bits per heavy atom. The van der Waals surface area contributed by atoms with E-state index >= 15 is 0 Å². The third kappa shape index (κ3) is 4.28. The maximum Gasteiger partial charge on any atom is 0.0474 e. The van der Waals surface area contributed by atoms with Gasteiger partial charge in [-0.25, -0.2) is 0 Å². The lowest BCUT2D eigenvalue weighted by Crippen LogP contribution is -1.90. The Morgan fingerprint density at radius 1 is 1.06 bits per heavy atom. The van der Waals surface area contributed by atoms with Gasteiger partial charge in [0.2, 0.25) is 0 Å². The van der Waals surface area contributed by atoms with Crippen molar-refractivity contribution in [3.05, 3.63) is 29.5 Å². The van der Waals surface area contributed by atoms with E-state index < -0.39 is 0 Å². The van der Waals surface area contributed by atoms with E-state index in [0.29, 0.717) is 0 Å². The van der Waals surface area contributed by atoms with E-state index in [1.54, 1.807) is 0 Å². The van der Waals surface area contributed by atoms with Crippen LogP contribution >= 0.6 is 75.5 Å². The zero-order valence-electron chi connectivity index (χ0n) is 8.27. The van der Waals surface area contributed by atoms with Gasteiger partial charge in [-0.05, 0) is 87.5 Å². The molecule has 0 saturated carbocycles. The molecule has 0 aromatic heterocycles. The van der Waals surface area contributed by atoms with E-state index in [1.807, 2.05) is 11.8 Å². The molecule has 0 radical (unpaired) electrons. The normalized spacial score (nSPS) is 10.8. The smallest absolute Gasteiger partial charge is 0.0474 e. The summed E-state index contributed by atoms with van der Waals surface area (Å²) in [6.45, 7) is 0.266. The Morgan fingerprint density at radius 3 is 2.38 bits per heavy atom. The summed E-state index contributed by atoms with van der Waals surface area (Å²) in [5.74, 6) is 1.92. The van der Waals surface area contributed by atoms with Gasteiger partial charge >= 0.3 is 0 Å². The van der Waals surface area contributed by atoms with Crippen molar-refractivity contribution >= 4 is 75.5 Å². The van der Waals surface area contributed by atoms with Crippen LogP contribution in [0.15, 0.2) is 24.0 Å². The molecule has 0 fully saturated rings. The van der Waals surface area contributed by atoms with Crippen molar-refractivity contribution in [1.29, 1.82) is 0 Å². The van der Waals surface area contributed by atoms with Gasteiger partial charge in [0.1, 0.15) is 0 Å². The highest BCUT2D eigenvalue weighted by Gasteiger charge is 2.11. The minimum atomic E-state index is 0.266. The summed E-state index contributed by atoms with van der Waals surface area (Å²) in [7, 11) is 0. The van der Waals surface area contributed by atoms with Gasteiger partial charge in [-0.3, -0.25) is 0 Å². The summed E-state index contributed by atoms with van der Waals surface area (Å²) in [6, 6.07) is 2.10. The lowest BCUT2D eigenvalue weighted by molar-refractivity contribution is 0.296. The summed E-state index contributed by atoms with van der Waals surface area (Å²) in [6.07, 6.45) is 0.848. The van der Waals surface area contributed by atoms with Crippen molar-refractivity contribution in [3.63, 3.8) is 0 Å². The third-order valence-corrected chi connectivity index (χ3v) is 7.72. The highest BCUT2D eigenvalue weighted by Crippen LogP contribution is 2.40. The number of thioether (sulfide) groups is 1. The van der Waals surface area contributed by atoms with Gasteiger partial charge in [0, 0.05) is 30.3 Å². The molecule has 0 spiro atoms. The highest BCUT2D eigenvalue weighted by atomic mass is 79.9. The first kappa shape index (κ1) is 15.5. The van der Waals surface area contributed by atoms with E-state index in [-0.39, 0.29) is 6.61 Å². The van der Waals surface area contributed by atoms with E-state index in [1.165, 1.54) is 5.56 Å². The maximum absolute atomic E-state index is 8.70. The van der Waals surface area contributed by atoms with Gasteiger partial charge in [0.15, 0.2) is 0 Å². The van der Waals surface area contributed by atoms with Crippen molar-refractivity contribution in [3.8, 4) is 0 Å². The van der Waals surface area contributed by atoms with Gasteiger partial charge in [-0.15, -0.1) is 0 Å². The van der Waals surface area contributed by atoms with E-state index in [9.17, 15) is 0 Å². The summed E-state index contributed by atoms with van der Waals surface area (Å²) >= 11 is 15.9. The molecule has 90 valence electrons. The van der Waals surface area contributed by atoms with Crippen LogP contribution in [0.4, 0.5) is 0 Å². The SMILES string of the molecule is OCCCSCc1cc(Br)c(Br)c(Br)c1Br. The molecule has 6 heteroatoms. The van der Waals surface area contributed by atoms with Gasteiger partial charge in [0.25, 0.3) is 0 Å². The van der Waals surface area contributed by atoms with Gasteiger partial charge < -0.3 is 5.11 Å². The highest BCUT2D eigenvalue weighted by molar-refractivity contribution is 9.15. The fourth-order valence-corrected chi connectivity index (χ4v) is 4.43. The Kier molecular flexibility index (Phi) is 7.55. The zero-order chi connectivity index (χ0) is 12.1.